The zero-order valence-corrected chi connectivity index (χ0v) is 20.9. The standard InChI is InChI=1S/C22H32FN5O2.HI/c1-4-19-17(21(5-2)30-27-19)15-26-22(24-6-3)25-14-16-7-8-20(18(23)13-16)28-9-11-29-12-10-28;/h7-8,13H,4-6,9-12,14-15H2,1-3H3,(H2,24,25,26);1H. The molecule has 0 bridgehead atoms. The average molecular weight is 545 g/mol. The van der Waals surface area contributed by atoms with Crippen molar-refractivity contribution in [2.75, 3.05) is 37.7 Å². The number of rotatable bonds is 8. The number of aromatic nitrogens is 1. The molecule has 1 fully saturated rings. The highest BCUT2D eigenvalue weighted by Crippen LogP contribution is 2.22. The summed E-state index contributed by atoms with van der Waals surface area (Å²) in [5.41, 5.74) is 3.51. The number of ether oxygens (including phenoxy) is 1. The molecule has 1 aliphatic rings. The molecule has 1 aromatic carbocycles. The average Bonchev–Trinajstić information content (AvgIpc) is 3.18. The van der Waals surface area contributed by atoms with Gasteiger partial charge in [-0.1, -0.05) is 25.1 Å². The van der Waals surface area contributed by atoms with E-state index >= 15 is 0 Å². The molecule has 2 heterocycles. The van der Waals surface area contributed by atoms with Gasteiger partial charge in [-0.3, -0.25) is 0 Å². The van der Waals surface area contributed by atoms with E-state index in [0.717, 1.165) is 42.0 Å². The number of hydrogen-bond donors (Lipinski definition) is 2. The van der Waals surface area contributed by atoms with E-state index in [1.807, 2.05) is 24.0 Å². The summed E-state index contributed by atoms with van der Waals surface area (Å²) in [5, 5.41) is 10.7. The highest BCUT2D eigenvalue weighted by molar-refractivity contribution is 14.0. The largest absolute Gasteiger partial charge is 0.378 e. The Kier molecular flexibility index (Phi) is 10.5. The van der Waals surface area contributed by atoms with Gasteiger partial charge in [0.25, 0.3) is 0 Å². The van der Waals surface area contributed by atoms with E-state index in [1.165, 1.54) is 0 Å². The van der Waals surface area contributed by atoms with Crippen LogP contribution in [0.1, 0.15) is 43.4 Å². The molecule has 1 saturated heterocycles. The van der Waals surface area contributed by atoms with Gasteiger partial charge in [-0.25, -0.2) is 9.38 Å². The minimum absolute atomic E-state index is 0. The first kappa shape index (κ1) is 25.4. The minimum atomic E-state index is -0.216. The fraction of sp³-hybridized carbons (Fsp3) is 0.545. The predicted molar refractivity (Wildman–Crippen MR) is 132 cm³/mol. The summed E-state index contributed by atoms with van der Waals surface area (Å²) in [6.45, 7) is 10.5. The number of aryl methyl sites for hydroxylation is 2. The lowest BCUT2D eigenvalue weighted by molar-refractivity contribution is 0.122. The number of nitrogens with one attached hydrogen (secondary N) is 2. The molecule has 0 radical (unpaired) electrons. The van der Waals surface area contributed by atoms with Gasteiger partial charge in [-0.15, -0.1) is 24.0 Å². The molecule has 0 atom stereocenters. The van der Waals surface area contributed by atoms with Gasteiger partial charge in [-0.05, 0) is 31.0 Å². The van der Waals surface area contributed by atoms with Crippen LogP contribution >= 0.6 is 24.0 Å². The van der Waals surface area contributed by atoms with Crippen LogP contribution in [0.25, 0.3) is 0 Å². The third-order valence-electron chi connectivity index (χ3n) is 5.17. The van der Waals surface area contributed by atoms with Crippen molar-refractivity contribution in [3.8, 4) is 0 Å². The summed E-state index contributed by atoms with van der Waals surface area (Å²) in [5.74, 6) is 1.36. The van der Waals surface area contributed by atoms with Crippen LogP contribution in [-0.4, -0.2) is 44.0 Å². The van der Waals surface area contributed by atoms with Crippen LogP contribution in [0.3, 0.4) is 0 Å². The summed E-state index contributed by atoms with van der Waals surface area (Å²) < 4.78 is 25.4. The van der Waals surface area contributed by atoms with E-state index in [1.54, 1.807) is 6.07 Å². The second-order valence-corrected chi connectivity index (χ2v) is 7.17. The number of guanidine groups is 1. The van der Waals surface area contributed by atoms with E-state index in [2.05, 4.69) is 34.6 Å². The van der Waals surface area contributed by atoms with E-state index in [0.29, 0.717) is 51.0 Å². The van der Waals surface area contributed by atoms with Crippen molar-refractivity contribution >= 4 is 35.6 Å². The van der Waals surface area contributed by atoms with E-state index in [9.17, 15) is 4.39 Å². The molecule has 3 rings (SSSR count). The smallest absolute Gasteiger partial charge is 0.191 e. The Bertz CT molecular complexity index is 831. The van der Waals surface area contributed by atoms with Crippen molar-refractivity contribution in [2.24, 2.45) is 4.99 Å². The summed E-state index contributed by atoms with van der Waals surface area (Å²) >= 11 is 0. The predicted octanol–water partition coefficient (Wildman–Crippen LogP) is 3.65. The zero-order valence-electron chi connectivity index (χ0n) is 18.5. The maximum atomic E-state index is 14.6. The molecule has 0 unspecified atom stereocenters. The van der Waals surface area contributed by atoms with Crippen molar-refractivity contribution in [3.05, 3.63) is 46.6 Å². The minimum Gasteiger partial charge on any atom is -0.378 e. The van der Waals surface area contributed by atoms with Crippen LogP contribution in [0.15, 0.2) is 27.7 Å². The maximum absolute atomic E-state index is 14.6. The quantitative estimate of drug-likeness (QED) is 0.300. The third kappa shape index (κ3) is 6.80. The fourth-order valence-electron chi connectivity index (χ4n) is 3.53. The number of aliphatic imine (C=N–C) groups is 1. The highest BCUT2D eigenvalue weighted by atomic mass is 127. The Morgan fingerprint density at radius 1 is 1.16 bits per heavy atom. The Balaban J connectivity index is 0.00000341. The molecule has 7 nitrogen and oxygen atoms in total. The maximum Gasteiger partial charge on any atom is 0.191 e. The number of morpholine rings is 1. The fourth-order valence-corrected chi connectivity index (χ4v) is 3.53. The number of halogens is 2. The molecular formula is C22H33FIN5O2. The number of anilines is 1. The Labute approximate surface area is 200 Å². The van der Waals surface area contributed by atoms with Gasteiger partial charge in [0.15, 0.2) is 5.96 Å². The van der Waals surface area contributed by atoms with Crippen molar-refractivity contribution in [1.82, 2.24) is 15.8 Å². The van der Waals surface area contributed by atoms with E-state index < -0.39 is 0 Å². The van der Waals surface area contributed by atoms with Crippen LogP contribution in [0.2, 0.25) is 0 Å². The molecule has 2 N–H and O–H groups in total. The molecule has 0 saturated carbocycles. The van der Waals surface area contributed by atoms with Crippen molar-refractivity contribution in [2.45, 2.75) is 46.7 Å². The summed E-state index contributed by atoms with van der Waals surface area (Å²) in [7, 11) is 0. The van der Waals surface area contributed by atoms with E-state index in [4.69, 9.17) is 9.26 Å². The van der Waals surface area contributed by atoms with Gasteiger partial charge in [-0.2, -0.15) is 0 Å². The number of nitrogens with zero attached hydrogens (tertiary/aromatic N) is 3. The summed E-state index contributed by atoms with van der Waals surface area (Å²) in [4.78, 5) is 6.64. The molecule has 1 aliphatic heterocycles. The van der Waals surface area contributed by atoms with Gasteiger partial charge in [0.2, 0.25) is 0 Å². The molecule has 31 heavy (non-hydrogen) atoms. The molecule has 1 aromatic heterocycles. The summed E-state index contributed by atoms with van der Waals surface area (Å²) in [6.07, 6.45) is 1.62. The first-order valence-corrected chi connectivity index (χ1v) is 10.8. The second-order valence-electron chi connectivity index (χ2n) is 7.17. The third-order valence-corrected chi connectivity index (χ3v) is 5.17. The van der Waals surface area contributed by atoms with Crippen molar-refractivity contribution in [1.29, 1.82) is 0 Å². The van der Waals surface area contributed by atoms with Crippen molar-refractivity contribution < 1.29 is 13.7 Å². The molecular weight excluding hydrogens is 512 g/mol. The molecule has 0 amide bonds. The SMILES string of the molecule is CCNC(=NCc1ccc(N2CCOCC2)c(F)c1)NCc1c(CC)noc1CC.I. The molecule has 2 aromatic rings. The van der Waals surface area contributed by atoms with Gasteiger partial charge >= 0.3 is 0 Å². The first-order valence-electron chi connectivity index (χ1n) is 10.8. The molecule has 0 aliphatic carbocycles. The number of hydrogen-bond acceptors (Lipinski definition) is 5. The van der Waals surface area contributed by atoms with Crippen LogP contribution in [0.5, 0.6) is 0 Å². The van der Waals surface area contributed by atoms with Gasteiger partial charge in [0, 0.05) is 38.2 Å². The lowest BCUT2D eigenvalue weighted by atomic mass is 10.1. The zero-order chi connectivity index (χ0) is 21.3. The lowest BCUT2D eigenvalue weighted by Gasteiger charge is -2.29. The number of benzene rings is 1. The van der Waals surface area contributed by atoms with Gasteiger partial charge in [0.05, 0.1) is 31.1 Å². The monoisotopic (exact) mass is 545 g/mol. The molecule has 9 heteroatoms. The molecule has 0 spiro atoms. The lowest BCUT2D eigenvalue weighted by Crippen LogP contribution is -2.37. The van der Waals surface area contributed by atoms with Crippen LogP contribution < -0.4 is 15.5 Å². The second kappa shape index (κ2) is 12.8. The highest BCUT2D eigenvalue weighted by Gasteiger charge is 2.16. The van der Waals surface area contributed by atoms with Crippen LogP contribution in [-0.2, 0) is 30.7 Å². The Morgan fingerprint density at radius 2 is 1.94 bits per heavy atom. The van der Waals surface area contributed by atoms with Crippen LogP contribution in [0.4, 0.5) is 10.1 Å². The topological polar surface area (TPSA) is 74.9 Å². The van der Waals surface area contributed by atoms with Gasteiger partial charge in [0.1, 0.15) is 11.6 Å². The van der Waals surface area contributed by atoms with Crippen LogP contribution in [0, 0.1) is 5.82 Å². The Hall–Kier alpha value is -1.88. The first-order chi connectivity index (χ1) is 14.7. The normalized spacial score (nSPS) is 14.3. The van der Waals surface area contributed by atoms with Gasteiger partial charge < -0.3 is 24.8 Å². The Morgan fingerprint density at radius 3 is 2.58 bits per heavy atom. The molecule has 172 valence electrons. The van der Waals surface area contributed by atoms with Crippen molar-refractivity contribution in [3.63, 3.8) is 0 Å². The van der Waals surface area contributed by atoms with E-state index in [-0.39, 0.29) is 29.8 Å². The summed E-state index contributed by atoms with van der Waals surface area (Å²) in [6, 6.07) is 5.34.